The average Bonchev–Trinajstić information content (AvgIpc) is 2.74. The molecule has 0 bridgehead atoms. The zero-order chi connectivity index (χ0) is 11.5. The van der Waals surface area contributed by atoms with Gasteiger partial charge in [-0.25, -0.2) is 0 Å². The van der Waals surface area contributed by atoms with Gasteiger partial charge in [-0.2, -0.15) is 0 Å². The van der Waals surface area contributed by atoms with Crippen LogP contribution < -0.4 is 5.32 Å². The fraction of sp³-hybridized carbons (Fsp3) is 0.250. The summed E-state index contributed by atoms with van der Waals surface area (Å²) in [5.41, 5.74) is 0.738. The third kappa shape index (κ3) is 2.85. The summed E-state index contributed by atoms with van der Waals surface area (Å²) in [5, 5.41) is 3.04. The zero-order valence-corrected chi connectivity index (χ0v) is 12.3. The second-order valence-corrected chi connectivity index (χ2v) is 5.82. The molecule has 0 saturated heterocycles. The molecular formula is C12H11BrINO. The number of halogens is 2. The molecule has 1 aromatic rings. The van der Waals surface area contributed by atoms with Gasteiger partial charge in [0.15, 0.2) is 0 Å². The second kappa shape index (κ2) is 5.31. The van der Waals surface area contributed by atoms with Crippen LogP contribution in [0.5, 0.6) is 0 Å². The minimum atomic E-state index is 0.0133. The van der Waals surface area contributed by atoms with Crippen molar-refractivity contribution in [3.8, 4) is 0 Å². The number of amides is 1. The van der Waals surface area contributed by atoms with Crippen molar-refractivity contribution >= 4 is 44.4 Å². The molecule has 84 valence electrons. The summed E-state index contributed by atoms with van der Waals surface area (Å²) in [6.45, 7) is 0. The first kappa shape index (κ1) is 12.1. The Morgan fingerprint density at radius 2 is 2.06 bits per heavy atom. The van der Waals surface area contributed by atoms with Gasteiger partial charge in [-0.05, 0) is 53.6 Å². The molecule has 1 aliphatic carbocycles. The highest BCUT2D eigenvalue weighted by Crippen LogP contribution is 2.19. The van der Waals surface area contributed by atoms with Crippen LogP contribution >= 0.6 is 38.5 Å². The first-order valence-electron chi connectivity index (χ1n) is 5.08. The van der Waals surface area contributed by atoms with Crippen molar-refractivity contribution in [2.75, 3.05) is 0 Å². The molecule has 0 fully saturated rings. The van der Waals surface area contributed by atoms with Crippen LogP contribution in [-0.2, 0) is 0 Å². The lowest BCUT2D eigenvalue weighted by Crippen LogP contribution is -2.33. The molecule has 2 nitrogen and oxygen atoms in total. The first-order chi connectivity index (χ1) is 7.66. The third-order valence-corrected chi connectivity index (χ3v) is 3.95. The molecule has 0 aromatic heterocycles. The minimum Gasteiger partial charge on any atom is -0.349 e. The topological polar surface area (TPSA) is 29.1 Å². The van der Waals surface area contributed by atoms with Crippen LogP contribution in [0.3, 0.4) is 0 Å². The summed E-state index contributed by atoms with van der Waals surface area (Å²) < 4.78 is 1.91. The Hall–Kier alpha value is -0.360. The maximum atomic E-state index is 12.0. The van der Waals surface area contributed by atoms with Gasteiger partial charge in [-0.1, -0.05) is 28.1 Å². The Morgan fingerprint density at radius 3 is 2.75 bits per heavy atom. The van der Waals surface area contributed by atoms with Gasteiger partial charge in [0, 0.05) is 14.1 Å². The highest BCUT2D eigenvalue weighted by Gasteiger charge is 2.16. The zero-order valence-electron chi connectivity index (χ0n) is 8.54. The van der Waals surface area contributed by atoms with Crippen LogP contribution in [0, 0.1) is 3.57 Å². The lowest BCUT2D eigenvalue weighted by molar-refractivity contribution is 0.0938. The third-order valence-electron chi connectivity index (χ3n) is 2.52. The molecule has 16 heavy (non-hydrogen) atoms. The summed E-state index contributed by atoms with van der Waals surface area (Å²) in [7, 11) is 0. The van der Waals surface area contributed by atoms with E-state index in [-0.39, 0.29) is 11.9 Å². The molecule has 0 aliphatic heterocycles. The van der Waals surface area contributed by atoms with Crippen LogP contribution in [-0.4, -0.2) is 11.9 Å². The minimum absolute atomic E-state index is 0.0133. The van der Waals surface area contributed by atoms with Crippen molar-refractivity contribution in [1.29, 1.82) is 0 Å². The van der Waals surface area contributed by atoms with Gasteiger partial charge in [0.25, 0.3) is 5.91 Å². The Labute approximate surface area is 117 Å². The van der Waals surface area contributed by atoms with Gasteiger partial charge in [0.2, 0.25) is 0 Å². The molecule has 0 spiro atoms. The van der Waals surface area contributed by atoms with Crippen LogP contribution in [0.15, 0.2) is 34.8 Å². The van der Waals surface area contributed by atoms with Crippen molar-refractivity contribution in [3.05, 3.63) is 44.0 Å². The summed E-state index contributed by atoms with van der Waals surface area (Å²) in [5.74, 6) is 0.0133. The summed E-state index contributed by atoms with van der Waals surface area (Å²) in [6.07, 6.45) is 6.10. The van der Waals surface area contributed by atoms with Crippen molar-refractivity contribution in [1.82, 2.24) is 5.32 Å². The van der Waals surface area contributed by atoms with E-state index in [0.717, 1.165) is 26.4 Å². The van der Waals surface area contributed by atoms with E-state index in [9.17, 15) is 4.79 Å². The second-order valence-electron chi connectivity index (χ2n) is 3.74. The van der Waals surface area contributed by atoms with Crippen molar-refractivity contribution < 1.29 is 4.79 Å². The number of hydrogen-bond acceptors (Lipinski definition) is 1. The standard InChI is InChI=1S/C12H11BrINO/c13-8-5-6-11(14)10(7-8)12(16)15-9-3-1-2-4-9/h1-2,5-7,9H,3-4H2,(H,15,16). The largest absolute Gasteiger partial charge is 0.349 e. The normalized spacial score (nSPS) is 15.4. The number of rotatable bonds is 2. The van der Waals surface area contributed by atoms with Gasteiger partial charge < -0.3 is 5.32 Å². The van der Waals surface area contributed by atoms with Crippen molar-refractivity contribution in [3.63, 3.8) is 0 Å². The van der Waals surface area contributed by atoms with E-state index in [1.54, 1.807) is 0 Å². The van der Waals surface area contributed by atoms with E-state index in [1.165, 1.54) is 0 Å². The molecule has 1 aliphatic rings. The van der Waals surface area contributed by atoms with E-state index in [4.69, 9.17) is 0 Å². The summed E-state index contributed by atoms with van der Waals surface area (Å²) >= 11 is 5.56. The Morgan fingerprint density at radius 1 is 1.38 bits per heavy atom. The molecule has 4 heteroatoms. The van der Waals surface area contributed by atoms with Crippen LogP contribution in [0.2, 0.25) is 0 Å². The van der Waals surface area contributed by atoms with Gasteiger partial charge in [-0.3, -0.25) is 4.79 Å². The molecule has 1 amide bonds. The van der Waals surface area contributed by atoms with Crippen LogP contribution in [0.1, 0.15) is 23.2 Å². The highest BCUT2D eigenvalue weighted by atomic mass is 127. The van der Waals surface area contributed by atoms with E-state index in [1.807, 2.05) is 18.2 Å². The Bertz CT molecular complexity index is 437. The number of benzene rings is 1. The summed E-state index contributed by atoms with van der Waals surface area (Å²) in [6, 6.07) is 6.00. The number of carbonyl (C=O) groups is 1. The lowest BCUT2D eigenvalue weighted by Gasteiger charge is -2.13. The average molecular weight is 392 g/mol. The molecule has 0 radical (unpaired) electrons. The van der Waals surface area contributed by atoms with Gasteiger partial charge in [0.1, 0.15) is 0 Å². The molecule has 0 unspecified atom stereocenters. The van der Waals surface area contributed by atoms with E-state index in [0.29, 0.717) is 0 Å². The Balaban J connectivity index is 2.10. The number of carbonyl (C=O) groups excluding carboxylic acids is 1. The molecule has 2 rings (SSSR count). The van der Waals surface area contributed by atoms with Gasteiger partial charge >= 0.3 is 0 Å². The van der Waals surface area contributed by atoms with E-state index in [2.05, 4.69) is 56.0 Å². The summed E-state index contributed by atoms with van der Waals surface area (Å²) in [4.78, 5) is 12.0. The number of hydrogen-bond donors (Lipinski definition) is 1. The number of nitrogens with one attached hydrogen (secondary N) is 1. The van der Waals surface area contributed by atoms with Gasteiger partial charge in [0.05, 0.1) is 5.56 Å². The predicted octanol–water partition coefficient (Wildman–Crippen LogP) is 3.50. The molecule has 0 heterocycles. The molecule has 0 saturated carbocycles. The van der Waals surface area contributed by atoms with Crippen LogP contribution in [0.25, 0.3) is 0 Å². The van der Waals surface area contributed by atoms with Crippen LogP contribution in [0.4, 0.5) is 0 Å². The quantitative estimate of drug-likeness (QED) is 0.606. The maximum absolute atomic E-state index is 12.0. The maximum Gasteiger partial charge on any atom is 0.252 e. The SMILES string of the molecule is O=C(NC1CC=CC1)c1cc(Br)ccc1I. The smallest absolute Gasteiger partial charge is 0.252 e. The van der Waals surface area contributed by atoms with Crippen molar-refractivity contribution in [2.24, 2.45) is 0 Å². The molecule has 1 aromatic carbocycles. The Kier molecular flexibility index (Phi) is 4.02. The van der Waals surface area contributed by atoms with E-state index >= 15 is 0 Å². The first-order valence-corrected chi connectivity index (χ1v) is 6.95. The van der Waals surface area contributed by atoms with E-state index < -0.39 is 0 Å². The molecule has 0 atom stereocenters. The van der Waals surface area contributed by atoms with Crippen molar-refractivity contribution in [2.45, 2.75) is 18.9 Å². The monoisotopic (exact) mass is 391 g/mol. The molecular weight excluding hydrogens is 381 g/mol. The predicted molar refractivity (Wildman–Crippen MR) is 76.5 cm³/mol. The molecule has 1 N–H and O–H groups in total. The lowest BCUT2D eigenvalue weighted by atomic mass is 10.2. The highest BCUT2D eigenvalue weighted by molar-refractivity contribution is 14.1. The fourth-order valence-corrected chi connectivity index (χ4v) is 2.61. The van der Waals surface area contributed by atoms with Gasteiger partial charge in [-0.15, -0.1) is 0 Å². The fourth-order valence-electron chi connectivity index (χ4n) is 1.67.